The van der Waals surface area contributed by atoms with Crippen molar-refractivity contribution in [2.75, 3.05) is 5.73 Å². The molecule has 0 aromatic carbocycles. The number of pyridine rings is 2. The Morgan fingerprint density at radius 3 is 2.30 bits per heavy atom. The molecule has 13 heteroatoms. The van der Waals surface area contributed by atoms with Crippen LogP contribution in [0.5, 0.6) is 0 Å². The molecule has 0 radical (unpaired) electrons. The third-order valence-electron chi connectivity index (χ3n) is 5.84. The number of anilines is 1. The fourth-order valence-corrected chi connectivity index (χ4v) is 4.21. The molecule has 0 spiro atoms. The number of hydrogen-bond donors (Lipinski definition) is 3. The highest BCUT2D eigenvalue weighted by Crippen LogP contribution is 2.25. The number of halogens is 1. The van der Waals surface area contributed by atoms with Gasteiger partial charge in [0, 0.05) is 47.8 Å². The predicted octanol–water partition coefficient (Wildman–Crippen LogP) is 6.71. The van der Waals surface area contributed by atoms with Gasteiger partial charge >= 0.3 is 0 Å². The number of nitrogen functional groups attached to an aromatic ring is 1. The molecule has 6 aromatic rings. The standard InChI is InChI=1S/C9H9ClN2.C7H7N4P.C6H8NOP.C5H5NO/c1-6-5-7-8(12(6)2)3-4-11-9(7)10;8-6-3-4-5(10-6)1-2-9-7(4)11-12;1-5-2-3-6(4-8)7(5)9;7-4-5-2-1-3-6-5/h3-5H,1-2H3;1-3,10,12H,8H2;2-4H,9H2,1H3;1-4,6H. The Bertz CT molecular complexity index is 1740. The number of H-pyrrole nitrogens is 2. The second-order valence-electron chi connectivity index (χ2n) is 8.44. The number of nitrogens with one attached hydrogen (secondary N) is 2. The molecule has 1 unspecified atom stereocenters. The van der Waals surface area contributed by atoms with Crippen molar-refractivity contribution in [1.82, 2.24) is 28.8 Å². The third-order valence-corrected chi connectivity index (χ3v) is 7.06. The van der Waals surface area contributed by atoms with Crippen LogP contribution in [0.4, 0.5) is 11.6 Å². The maximum Gasteiger partial charge on any atom is 0.166 e. The lowest BCUT2D eigenvalue weighted by atomic mass is 10.3. The Balaban J connectivity index is 0.000000150. The minimum absolute atomic E-state index is 0.580. The lowest BCUT2D eigenvalue weighted by Crippen LogP contribution is -1.88. The second kappa shape index (κ2) is 14.3. The molecule has 0 saturated carbocycles. The molecule has 4 N–H and O–H groups in total. The summed E-state index contributed by atoms with van der Waals surface area (Å²) in [6.07, 6.45) is 6.73. The molecule has 0 aliphatic rings. The Kier molecular flexibility index (Phi) is 10.9. The summed E-state index contributed by atoms with van der Waals surface area (Å²) in [6, 6.07) is 14.9. The van der Waals surface area contributed by atoms with Crippen LogP contribution in [0.1, 0.15) is 32.4 Å². The van der Waals surface area contributed by atoms with Crippen molar-refractivity contribution >= 4 is 76.0 Å². The molecule has 10 nitrogen and oxygen atoms in total. The zero-order valence-electron chi connectivity index (χ0n) is 22.1. The van der Waals surface area contributed by atoms with E-state index >= 15 is 0 Å². The number of carbonyl (C=O) groups excluding carboxylic acids is 2. The third kappa shape index (κ3) is 7.51. The van der Waals surface area contributed by atoms with Gasteiger partial charge in [-0.25, -0.2) is 14.7 Å². The van der Waals surface area contributed by atoms with Gasteiger partial charge in [-0.05, 0) is 80.8 Å². The Labute approximate surface area is 240 Å². The van der Waals surface area contributed by atoms with E-state index < -0.39 is 0 Å². The first-order valence-electron chi connectivity index (χ1n) is 11.8. The number of nitrogens with zero attached hydrogens (tertiary/aromatic N) is 5. The van der Waals surface area contributed by atoms with Gasteiger partial charge in [0.1, 0.15) is 11.0 Å². The van der Waals surface area contributed by atoms with Crippen LogP contribution in [0.15, 0.2) is 71.9 Å². The molecule has 1 atom stereocenters. The Morgan fingerprint density at radius 2 is 1.77 bits per heavy atom. The number of carbonyl (C=O) groups is 2. The summed E-state index contributed by atoms with van der Waals surface area (Å²) in [5.41, 5.74) is 11.2. The van der Waals surface area contributed by atoms with Crippen molar-refractivity contribution in [2.45, 2.75) is 13.8 Å². The van der Waals surface area contributed by atoms with Gasteiger partial charge in [0.05, 0.1) is 22.4 Å². The largest absolute Gasteiger partial charge is 0.385 e. The number of fused-ring (bicyclic) bond motifs is 2. The fraction of sp³-hybridized carbons (Fsp3) is 0.111. The topological polar surface area (TPSA) is 140 Å². The Hall–Kier alpha value is -4.10. The highest BCUT2D eigenvalue weighted by molar-refractivity contribution is 7.14. The van der Waals surface area contributed by atoms with Gasteiger partial charge < -0.3 is 24.6 Å². The number of nitrogens with two attached hydrogens (primary N) is 1. The van der Waals surface area contributed by atoms with Crippen LogP contribution in [-0.2, 0) is 7.05 Å². The van der Waals surface area contributed by atoms with Gasteiger partial charge in [-0.15, -0.1) is 0 Å². The lowest BCUT2D eigenvalue weighted by Gasteiger charge is -1.97. The molecule has 206 valence electrons. The molecule has 0 bridgehead atoms. The van der Waals surface area contributed by atoms with E-state index in [1.807, 2.05) is 38.2 Å². The summed E-state index contributed by atoms with van der Waals surface area (Å²) in [6.45, 7) is 4.00. The summed E-state index contributed by atoms with van der Waals surface area (Å²) >= 11 is 5.92. The van der Waals surface area contributed by atoms with Crippen molar-refractivity contribution in [3.8, 4) is 0 Å². The summed E-state index contributed by atoms with van der Waals surface area (Å²) in [4.78, 5) is 33.8. The van der Waals surface area contributed by atoms with Crippen molar-refractivity contribution in [3.63, 3.8) is 0 Å². The van der Waals surface area contributed by atoms with Crippen molar-refractivity contribution in [2.24, 2.45) is 11.8 Å². The minimum atomic E-state index is 0.580. The second-order valence-corrected chi connectivity index (χ2v) is 9.54. The summed E-state index contributed by atoms with van der Waals surface area (Å²) in [7, 11) is 7.53. The smallest absolute Gasteiger partial charge is 0.166 e. The van der Waals surface area contributed by atoms with Gasteiger partial charge in [-0.1, -0.05) is 11.6 Å². The van der Waals surface area contributed by atoms with Crippen molar-refractivity contribution < 1.29 is 9.59 Å². The molecule has 0 amide bonds. The average Bonchev–Trinajstić information content (AvgIpc) is 3.74. The zero-order valence-corrected chi connectivity index (χ0v) is 25.0. The monoisotopic (exact) mass is 594 g/mol. The number of aromatic amines is 2. The lowest BCUT2D eigenvalue weighted by molar-refractivity contribution is 0.111. The predicted molar refractivity (Wildman–Crippen MR) is 167 cm³/mol. The molecule has 6 rings (SSSR count). The van der Waals surface area contributed by atoms with Gasteiger partial charge in [-0.2, -0.15) is 0 Å². The molecule has 0 fully saturated rings. The molecular weight excluding hydrogens is 566 g/mol. The number of aldehydes is 2. The van der Waals surface area contributed by atoms with Gasteiger partial charge in [-0.3, -0.25) is 9.59 Å². The Morgan fingerprint density at radius 1 is 1.02 bits per heavy atom. The quantitative estimate of drug-likeness (QED) is 0.119. The highest BCUT2D eigenvalue weighted by atomic mass is 35.5. The molecule has 0 saturated heterocycles. The maximum absolute atomic E-state index is 10.2. The van der Waals surface area contributed by atoms with Gasteiger partial charge in [0.15, 0.2) is 18.4 Å². The molecule has 0 aliphatic carbocycles. The van der Waals surface area contributed by atoms with E-state index in [1.54, 1.807) is 47.2 Å². The van der Waals surface area contributed by atoms with E-state index in [2.05, 4.69) is 54.6 Å². The van der Waals surface area contributed by atoms with E-state index in [0.29, 0.717) is 28.2 Å². The first-order valence-corrected chi connectivity index (χ1v) is 13.2. The van der Waals surface area contributed by atoms with Crippen LogP contribution in [0.25, 0.3) is 21.8 Å². The summed E-state index contributed by atoms with van der Waals surface area (Å²) in [5.74, 6) is 1.26. The first-order chi connectivity index (χ1) is 19.2. The van der Waals surface area contributed by atoms with Gasteiger partial charge in [0.25, 0.3) is 0 Å². The summed E-state index contributed by atoms with van der Waals surface area (Å²) in [5, 5.41) is 2.53. The number of aromatic nitrogens is 6. The molecule has 6 heterocycles. The number of aryl methyl sites for hydroxylation is 3. The molecular formula is C27H29ClN8O2P2. The zero-order chi connectivity index (χ0) is 29.2. The minimum Gasteiger partial charge on any atom is -0.385 e. The van der Waals surface area contributed by atoms with Crippen LogP contribution in [0.3, 0.4) is 0 Å². The average molecular weight is 595 g/mol. The van der Waals surface area contributed by atoms with E-state index in [9.17, 15) is 9.59 Å². The van der Waals surface area contributed by atoms with Crippen LogP contribution in [-0.4, -0.2) is 41.4 Å². The maximum atomic E-state index is 10.2. The highest BCUT2D eigenvalue weighted by Gasteiger charge is 2.05. The van der Waals surface area contributed by atoms with Gasteiger partial charge in [0.2, 0.25) is 0 Å². The van der Waals surface area contributed by atoms with Crippen LogP contribution < -0.4 is 5.73 Å². The van der Waals surface area contributed by atoms with E-state index in [-0.39, 0.29) is 0 Å². The van der Waals surface area contributed by atoms with Crippen LogP contribution in [0.2, 0.25) is 5.15 Å². The van der Waals surface area contributed by atoms with E-state index in [0.717, 1.165) is 40.1 Å². The first kappa shape index (κ1) is 30.4. The molecule has 0 aliphatic heterocycles. The number of hydrogen-bond acceptors (Lipinski definition) is 6. The van der Waals surface area contributed by atoms with Crippen molar-refractivity contribution in [3.05, 3.63) is 95.1 Å². The van der Waals surface area contributed by atoms with E-state index in [1.165, 1.54) is 5.69 Å². The van der Waals surface area contributed by atoms with Crippen LogP contribution >= 0.6 is 30.0 Å². The molecule has 40 heavy (non-hydrogen) atoms. The van der Waals surface area contributed by atoms with E-state index in [4.69, 9.17) is 17.3 Å². The number of rotatable bonds is 3. The van der Waals surface area contributed by atoms with Crippen molar-refractivity contribution in [1.29, 1.82) is 0 Å². The summed E-state index contributed by atoms with van der Waals surface area (Å²) < 4.78 is 7.70. The SMILES string of the molecule is Cc1cc2c(Cl)nccc2n1C.Cc1ccc(C=O)n1P.Nc1cc2c(N=P)nccc2[nH]1.O=Cc1ccc[nH]1. The van der Waals surface area contributed by atoms with Crippen LogP contribution in [0, 0.1) is 13.8 Å². The normalized spacial score (nSPS) is 10.0. The fourth-order valence-electron chi connectivity index (χ4n) is 3.59. The molecule has 6 aromatic heterocycles.